The minimum atomic E-state index is -0.498. The minimum absolute atomic E-state index is 0.0179. The van der Waals surface area contributed by atoms with Gasteiger partial charge in [0.1, 0.15) is 11.2 Å². The molecule has 2 aromatic rings. The lowest BCUT2D eigenvalue weighted by Crippen LogP contribution is -2.57. The second-order valence-corrected chi connectivity index (χ2v) is 7.36. The van der Waals surface area contributed by atoms with Gasteiger partial charge in [0.15, 0.2) is 0 Å². The number of nitrogens with one attached hydrogen (secondary N) is 1. The number of nitrogens with zero attached hydrogens (tertiary/aromatic N) is 1. The molecule has 2 aromatic carbocycles. The maximum absolute atomic E-state index is 13.2. The predicted octanol–water partition coefficient (Wildman–Crippen LogP) is 4.60. The van der Waals surface area contributed by atoms with Crippen molar-refractivity contribution in [1.29, 1.82) is 0 Å². The number of benzene rings is 2. The molecule has 1 heterocycles. The van der Waals surface area contributed by atoms with Gasteiger partial charge in [-0.25, -0.2) is 9.18 Å². The molecule has 1 aliphatic heterocycles. The Hall–Kier alpha value is -2.05. The fourth-order valence-electron chi connectivity index (χ4n) is 2.51. The molecule has 0 aliphatic carbocycles. The first-order valence-electron chi connectivity index (χ1n) is 7.75. The highest BCUT2D eigenvalue weighted by Crippen LogP contribution is 2.36. The number of hydrogen-bond donors (Lipinski definition) is 1. The van der Waals surface area contributed by atoms with Crippen LogP contribution in [-0.4, -0.2) is 22.2 Å². The summed E-state index contributed by atoms with van der Waals surface area (Å²) in [4.78, 5) is 26.2. The number of imide groups is 1. The Morgan fingerprint density at radius 1 is 1.32 bits per heavy atom. The number of hydrogen-bond acceptors (Lipinski definition) is 3. The van der Waals surface area contributed by atoms with Crippen LogP contribution in [0.1, 0.15) is 24.9 Å². The van der Waals surface area contributed by atoms with Crippen LogP contribution >= 0.6 is 23.4 Å². The van der Waals surface area contributed by atoms with Crippen molar-refractivity contribution in [2.45, 2.75) is 29.7 Å². The van der Waals surface area contributed by atoms with Crippen LogP contribution < -0.4 is 5.32 Å². The van der Waals surface area contributed by atoms with Gasteiger partial charge in [0.05, 0.1) is 17.5 Å². The van der Waals surface area contributed by atoms with E-state index in [2.05, 4.69) is 5.32 Å². The Bertz CT molecular complexity index is 803. The first kappa shape index (κ1) is 17.8. The highest BCUT2D eigenvalue weighted by atomic mass is 35.5. The van der Waals surface area contributed by atoms with Crippen molar-refractivity contribution in [3.05, 3.63) is 64.9 Å². The van der Waals surface area contributed by atoms with Gasteiger partial charge in [-0.15, -0.1) is 0 Å². The standard InChI is InChI=1S/C18H16ClFN2O2S/c1-11(12-5-3-2-4-6-12)21-18(24)22-16(23)10-17(22)25-13-7-8-15(20)14(19)9-13/h2-9,11,17H,10H2,1H3,(H,21,24)/t11-,17+/m0/s1. The summed E-state index contributed by atoms with van der Waals surface area (Å²) in [6.07, 6.45) is 0.257. The largest absolute Gasteiger partial charge is 0.331 e. The third-order valence-corrected chi connectivity index (χ3v) is 5.39. The SMILES string of the molecule is C[C@H](NC(=O)N1C(=O)C[C@H]1Sc1ccc(F)c(Cl)c1)c1ccccc1. The van der Waals surface area contributed by atoms with Crippen molar-refractivity contribution in [3.63, 3.8) is 0 Å². The molecule has 0 radical (unpaired) electrons. The topological polar surface area (TPSA) is 49.4 Å². The first-order valence-corrected chi connectivity index (χ1v) is 9.00. The number of amides is 3. The molecule has 1 fully saturated rings. The number of likely N-dealkylation sites (tertiary alicyclic amines) is 1. The van der Waals surface area contributed by atoms with E-state index in [0.29, 0.717) is 4.90 Å². The number of carbonyl (C=O) groups is 2. The number of urea groups is 1. The van der Waals surface area contributed by atoms with Gasteiger partial charge in [0.2, 0.25) is 5.91 Å². The lowest BCUT2D eigenvalue weighted by atomic mass is 10.1. The molecule has 3 amide bonds. The summed E-state index contributed by atoms with van der Waals surface area (Å²) < 4.78 is 13.2. The summed E-state index contributed by atoms with van der Waals surface area (Å²) in [6.45, 7) is 1.86. The van der Waals surface area contributed by atoms with Gasteiger partial charge in [0.25, 0.3) is 0 Å². The molecule has 1 saturated heterocycles. The molecule has 4 nitrogen and oxygen atoms in total. The van der Waals surface area contributed by atoms with E-state index in [0.717, 1.165) is 5.56 Å². The van der Waals surface area contributed by atoms with Crippen molar-refractivity contribution in [2.24, 2.45) is 0 Å². The summed E-state index contributed by atoms with van der Waals surface area (Å²) in [6, 6.07) is 13.2. The smallest absolute Gasteiger partial charge is 0.325 e. The highest BCUT2D eigenvalue weighted by molar-refractivity contribution is 8.00. The van der Waals surface area contributed by atoms with Crippen molar-refractivity contribution in [2.75, 3.05) is 0 Å². The molecule has 0 spiro atoms. The van der Waals surface area contributed by atoms with Crippen LogP contribution in [0.2, 0.25) is 5.02 Å². The van der Waals surface area contributed by atoms with E-state index in [1.807, 2.05) is 37.3 Å². The molecule has 7 heteroatoms. The molecule has 0 unspecified atom stereocenters. The predicted molar refractivity (Wildman–Crippen MR) is 95.9 cm³/mol. The van der Waals surface area contributed by atoms with Crippen LogP contribution in [0, 0.1) is 5.82 Å². The van der Waals surface area contributed by atoms with Crippen molar-refractivity contribution < 1.29 is 14.0 Å². The maximum atomic E-state index is 13.2. The molecule has 0 saturated carbocycles. The quantitative estimate of drug-likeness (QED) is 0.791. The van der Waals surface area contributed by atoms with Gasteiger partial charge in [-0.2, -0.15) is 0 Å². The molecule has 1 aliphatic rings. The van der Waals surface area contributed by atoms with Crippen molar-refractivity contribution in [3.8, 4) is 0 Å². The van der Waals surface area contributed by atoms with E-state index in [1.165, 1.54) is 28.8 Å². The van der Waals surface area contributed by atoms with Crippen LogP contribution in [0.15, 0.2) is 53.4 Å². The van der Waals surface area contributed by atoms with Crippen molar-refractivity contribution >= 4 is 35.3 Å². The van der Waals surface area contributed by atoms with Gasteiger partial charge < -0.3 is 5.32 Å². The van der Waals surface area contributed by atoms with Gasteiger partial charge in [-0.1, -0.05) is 53.7 Å². The van der Waals surface area contributed by atoms with E-state index in [1.54, 1.807) is 6.07 Å². The zero-order chi connectivity index (χ0) is 18.0. The lowest BCUT2D eigenvalue weighted by Gasteiger charge is -2.38. The Morgan fingerprint density at radius 3 is 2.68 bits per heavy atom. The zero-order valence-electron chi connectivity index (χ0n) is 13.4. The zero-order valence-corrected chi connectivity index (χ0v) is 15.0. The number of halogens is 2. The Balaban J connectivity index is 1.65. The van der Waals surface area contributed by atoms with E-state index in [9.17, 15) is 14.0 Å². The number of rotatable bonds is 4. The van der Waals surface area contributed by atoms with Crippen LogP contribution in [0.5, 0.6) is 0 Å². The fourth-order valence-corrected chi connectivity index (χ4v) is 3.95. The Morgan fingerprint density at radius 2 is 2.04 bits per heavy atom. The monoisotopic (exact) mass is 378 g/mol. The number of carbonyl (C=O) groups excluding carboxylic acids is 2. The average molecular weight is 379 g/mol. The van der Waals surface area contributed by atoms with Gasteiger partial charge in [-0.05, 0) is 30.7 Å². The molecule has 0 bridgehead atoms. The third kappa shape index (κ3) is 3.96. The van der Waals surface area contributed by atoms with Crippen LogP contribution in [-0.2, 0) is 4.79 Å². The van der Waals surface area contributed by atoms with Crippen LogP contribution in [0.4, 0.5) is 9.18 Å². The van der Waals surface area contributed by atoms with E-state index < -0.39 is 11.8 Å². The second-order valence-electron chi connectivity index (χ2n) is 5.70. The maximum Gasteiger partial charge on any atom is 0.325 e. The van der Waals surface area contributed by atoms with Gasteiger partial charge in [-0.3, -0.25) is 9.69 Å². The fraction of sp³-hybridized carbons (Fsp3) is 0.222. The molecule has 2 atom stereocenters. The summed E-state index contributed by atoms with van der Waals surface area (Å²) in [5.74, 6) is -0.731. The summed E-state index contributed by atoms with van der Waals surface area (Å²) >= 11 is 7.08. The van der Waals surface area contributed by atoms with Crippen LogP contribution in [0.3, 0.4) is 0 Å². The molecular weight excluding hydrogens is 363 g/mol. The second kappa shape index (κ2) is 7.45. The molecule has 25 heavy (non-hydrogen) atoms. The van der Waals surface area contributed by atoms with Crippen molar-refractivity contribution in [1.82, 2.24) is 10.2 Å². The van der Waals surface area contributed by atoms with E-state index >= 15 is 0 Å². The lowest BCUT2D eigenvalue weighted by molar-refractivity contribution is -0.137. The average Bonchev–Trinajstić information content (AvgIpc) is 2.58. The first-order chi connectivity index (χ1) is 12.0. The van der Waals surface area contributed by atoms with Gasteiger partial charge >= 0.3 is 6.03 Å². The summed E-state index contributed by atoms with van der Waals surface area (Å²) in [5.41, 5.74) is 0.957. The Kier molecular flexibility index (Phi) is 5.30. The molecule has 1 N–H and O–H groups in total. The number of thioether (sulfide) groups is 1. The molecule has 3 rings (SSSR count). The minimum Gasteiger partial charge on any atom is -0.331 e. The van der Waals surface area contributed by atoms with E-state index in [-0.39, 0.29) is 28.8 Å². The van der Waals surface area contributed by atoms with Gasteiger partial charge in [0, 0.05) is 4.90 Å². The normalized spacial score (nSPS) is 17.8. The Labute approximate surface area is 154 Å². The molecule has 130 valence electrons. The summed E-state index contributed by atoms with van der Waals surface area (Å²) in [7, 11) is 0. The molecule has 0 aromatic heterocycles. The molecular formula is C18H16ClFN2O2S. The van der Waals surface area contributed by atoms with E-state index in [4.69, 9.17) is 11.6 Å². The summed E-state index contributed by atoms with van der Waals surface area (Å²) in [5, 5.41) is 2.53. The third-order valence-electron chi connectivity index (χ3n) is 3.93. The highest BCUT2D eigenvalue weighted by Gasteiger charge is 2.41. The van der Waals surface area contributed by atoms with Crippen LogP contribution in [0.25, 0.3) is 0 Å². The number of β-lactam (4-membered cyclic amide) rings is 1.